The lowest BCUT2D eigenvalue weighted by molar-refractivity contribution is 0.0952. The summed E-state index contributed by atoms with van der Waals surface area (Å²) in [5.74, 6) is 1.24. The summed E-state index contributed by atoms with van der Waals surface area (Å²) in [6, 6.07) is 22.5. The second-order valence-electron chi connectivity index (χ2n) is 6.95. The number of nitrogens with one attached hydrogen (secondary N) is 1. The zero-order valence-corrected chi connectivity index (χ0v) is 16.6. The molecule has 1 aromatic heterocycles. The molecule has 148 valence electrons. The van der Waals surface area contributed by atoms with Gasteiger partial charge in [-0.25, -0.2) is 4.98 Å². The second kappa shape index (κ2) is 7.69. The van der Waals surface area contributed by atoms with Gasteiger partial charge in [-0.05, 0) is 42.0 Å². The Morgan fingerprint density at radius 3 is 2.73 bits per heavy atom. The zero-order valence-electron chi connectivity index (χ0n) is 15.9. The number of nitrogens with zero attached hydrogens (tertiary/aromatic N) is 1. The molecule has 0 spiro atoms. The molecule has 2 heterocycles. The molecule has 3 aromatic carbocycles. The molecule has 0 saturated heterocycles. The minimum atomic E-state index is -0.172. The van der Waals surface area contributed by atoms with E-state index in [9.17, 15) is 4.79 Å². The second-order valence-corrected chi connectivity index (χ2v) is 7.39. The molecule has 5 rings (SSSR count). The van der Waals surface area contributed by atoms with Gasteiger partial charge in [0.05, 0.1) is 16.8 Å². The van der Waals surface area contributed by atoms with Crippen LogP contribution in [0.4, 0.5) is 0 Å². The molecule has 5 nitrogen and oxygen atoms in total. The van der Waals surface area contributed by atoms with Gasteiger partial charge in [0.1, 0.15) is 0 Å². The number of carbonyl (C=O) groups is 1. The van der Waals surface area contributed by atoms with Crippen LogP contribution in [-0.4, -0.2) is 17.7 Å². The quantitative estimate of drug-likeness (QED) is 0.496. The van der Waals surface area contributed by atoms with Crippen molar-refractivity contribution in [3.63, 3.8) is 0 Å². The van der Waals surface area contributed by atoms with Crippen molar-refractivity contribution >= 4 is 28.4 Å². The predicted octanol–water partition coefficient (Wildman–Crippen LogP) is 5.21. The van der Waals surface area contributed by atoms with E-state index in [-0.39, 0.29) is 12.7 Å². The first-order valence-corrected chi connectivity index (χ1v) is 9.88. The molecule has 1 N–H and O–H groups in total. The summed E-state index contributed by atoms with van der Waals surface area (Å²) in [5.41, 5.74) is 3.81. The van der Waals surface area contributed by atoms with Crippen LogP contribution in [0, 0.1) is 0 Å². The predicted molar refractivity (Wildman–Crippen MR) is 116 cm³/mol. The molecule has 0 saturated carbocycles. The molecule has 1 aliphatic rings. The van der Waals surface area contributed by atoms with Gasteiger partial charge in [0, 0.05) is 22.5 Å². The molecule has 4 aromatic rings. The molecule has 1 amide bonds. The lowest BCUT2D eigenvalue weighted by Gasteiger charge is -2.11. The number of halogens is 1. The smallest absolute Gasteiger partial charge is 0.252 e. The Morgan fingerprint density at radius 1 is 0.967 bits per heavy atom. The monoisotopic (exact) mass is 416 g/mol. The molecule has 0 aliphatic carbocycles. The van der Waals surface area contributed by atoms with Crippen molar-refractivity contribution in [2.24, 2.45) is 0 Å². The van der Waals surface area contributed by atoms with Gasteiger partial charge in [0.15, 0.2) is 11.5 Å². The molecule has 0 radical (unpaired) electrons. The highest BCUT2D eigenvalue weighted by molar-refractivity contribution is 6.30. The maximum absolute atomic E-state index is 13.1. The normalized spacial score (nSPS) is 12.2. The van der Waals surface area contributed by atoms with E-state index in [2.05, 4.69) is 5.32 Å². The Labute approximate surface area is 178 Å². The number of carbonyl (C=O) groups excluding carboxylic acids is 1. The van der Waals surface area contributed by atoms with E-state index in [1.807, 2.05) is 72.8 Å². The molecule has 0 atom stereocenters. The molecule has 0 unspecified atom stereocenters. The van der Waals surface area contributed by atoms with E-state index in [1.54, 1.807) is 0 Å². The van der Waals surface area contributed by atoms with Gasteiger partial charge >= 0.3 is 0 Å². The lowest BCUT2D eigenvalue weighted by Crippen LogP contribution is -2.23. The largest absolute Gasteiger partial charge is 0.454 e. The Hall–Kier alpha value is -3.57. The Balaban J connectivity index is 1.47. The SMILES string of the molecule is O=C(NCc1ccc2c(c1)OCO2)c1cc(-c2cccc(Cl)c2)nc2ccccc12. The van der Waals surface area contributed by atoms with E-state index in [1.165, 1.54) is 0 Å². The first kappa shape index (κ1) is 18.5. The van der Waals surface area contributed by atoms with Gasteiger partial charge in [-0.2, -0.15) is 0 Å². The van der Waals surface area contributed by atoms with Crippen molar-refractivity contribution in [2.45, 2.75) is 6.54 Å². The molecule has 0 bridgehead atoms. The van der Waals surface area contributed by atoms with E-state index < -0.39 is 0 Å². The summed E-state index contributed by atoms with van der Waals surface area (Å²) in [6.07, 6.45) is 0. The number of pyridine rings is 1. The topological polar surface area (TPSA) is 60.5 Å². The van der Waals surface area contributed by atoms with Crippen LogP contribution in [0.25, 0.3) is 22.2 Å². The molecular weight excluding hydrogens is 400 g/mol. The summed E-state index contributed by atoms with van der Waals surface area (Å²) in [5, 5.41) is 4.42. The van der Waals surface area contributed by atoms with E-state index in [0.717, 1.165) is 27.8 Å². The highest BCUT2D eigenvalue weighted by Gasteiger charge is 2.16. The van der Waals surface area contributed by atoms with Gasteiger partial charge < -0.3 is 14.8 Å². The Bertz CT molecular complexity index is 1270. The summed E-state index contributed by atoms with van der Waals surface area (Å²) in [7, 11) is 0. The number of amides is 1. The Morgan fingerprint density at radius 2 is 1.83 bits per heavy atom. The van der Waals surface area contributed by atoms with Crippen molar-refractivity contribution in [3.05, 3.63) is 88.9 Å². The van der Waals surface area contributed by atoms with Gasteiger partial charge in [0.25, 0.3) is 5.91 Å². The first-order chi connectivity index (χ1) is 14.7. The van der Waals surface area contributed by atoms with Crippen molar-refractivity contribution in [2.75, 3.05) is 6.79 Å². The molecule has 0 fully saturated rings. The summed E-state index contributed by atoms with van der Waals surface area (Å²) in [4.78, 5) is 17.8. The van der Waals surface area contributed by atoms with Gasteiger partial charge in [-0.3, -0.25) is 4.79 Å². The lowest BCUT2D eigenvalue weighted by atomic mass is 10.0. The van der Waals surface area contributed by atoms with Gasteiger partial charge in [0.2, 0.25) is 6.79 Å². The molecule has 30 heavy (non-hydrogen) atoms. The number of hydrogen-bond acceptors (Lipinski definition) is 4. The van der Waals surface area contributed by atoms with Crippen LogP contribution in [0.2, 0.25) is 5.02 Å². The van der Waals surface area contributed by atoms with Crippen LogP contribution in [0.1, 0.15) is 15.9 Å². The third-order valence-corrected chi connectivity index (χ3v) is 5.21. The summed E-state index contributed by atoms with van der Waals surface area (Å²) < 4.78 is 10.7. The molecule has 6 heteroatoms. The number of fused-ring (bicyclic) bond motifs is 2. The van der Waals surface area contributed by atoms with Crippen molar-refractivity contribution < 1.29 is 14.3 Å². The first-order valence-electron chi connectivity index (χ1n) is 9.50. The number of hydrogen-bond donors (Lipinski definition) is 1. The fourth-order valence-corrected chi connectivity index (χ4v) is 3.68. The Kier molecular flexibility index (Phi) is 4.73. The van der Waals surface area contributed by atoms with E-state index in [4.69, 9.17) is 26.1 Å². The van der Waals surface area contributed by atoms with Crippen LogP contribution < -0.4 is 14.8 Å². The maximum Gasteiger partial charge on any atom is 0.252 e. The fraction of sp³-hybridized carbons (Fsp3) is 0.0833. The summed E-state index contributed by atoms with van der Waals surface area (Å²) >= 11 is 6.15. The minimum absolute atomic E-state index is 0.172. The zero-order chi connectivity index (χ0) is 20.5. The van der Waals surface area contributed by atoms with Crippen LogP contribution in [0.3, 0.4) is 0 Å². The van der Waals surface area contributed by atoms with Crippen molar-refractivity contribution in [1.29, 1.82) is 0 Å². The van der Waals surface area contributed by atoms with E-state index >= 15 is 0 Å². The van der Waals surface area contributed by atoms with Crippen LogP contribution in [0.15, 0.2) is 72.8 Å². The van der Waals surface area contributed by atoms with Crippen LogP contribution in [0.5, 0.6) is 11.5 Å². The van der Waals surface area contributed by atoms with Crippen LogP contribution in [-0.2, 0) is 6.54 Å². The van der Waals surface area contributed by atoms with Crippen molar-refractivity contribution in [1.82, 2.24) is 10.3 Å². The molecule has 1 aliphatic heterocycles. The van der Waals surface area contributed by atoms with Gasteiger partial charge in [-0.15, -0.1) is 0 Å². The summed E-state index contributed by atoms with van der Waals surface area (Å²) in [6.45, 7) is 0.596. The third kappa shape index (κ3) is 3.55. The third-order valence-electron chi connectivity index (χ3n) is 4.97. The number of rotatable bonds is 4. The fourth-order valence-electron chi connectivity index (χ4n) is 3.49. The number of benzene rings is 3. The highest BCUT2D eigenvalue weighted by atomic mass is 35.5. The highest BCUT2D eigenvalue weighted by Crippen LogP contribution is 2.32. The average Bonchev–Trinajstić information content (AvgIpc) is 3.24. The molecular formula is C24H17ClN2O3. The van der Waals surface area contributed by atoms with Crippen LogP contribution >= 0.6 is 11.6 Å². The number of para-hydroxylation sites is 1. The minimum Gasteiger partial charge on any atom is -0.454 e. The van der Waals surface area contributed by atoms with E-state index in [0.29, 0.717) is 28.6 Å². The van der Waals surface area contributed by atoms with Crippen molar-refractivity contribution in [3.8, 4) is 22.8 Å². The maximum atomic E-state index is 13.1. The number of ether oxygens (including phenoxy) is 2. The standard InChI is InChI=1S/C24H17ClN2O3/c25-17-5-3-4-16(11-17)21-12-19(18-6-1-2-7-20(18)27-21)24(28)26-13-15-8-9-22-23(10-15)30-14-29-22/h1-12H,13-14H2,(H,26,28). The average molecular weight is 417 g/mol. The van der Waals surface area contributed by atoms with Gasteiger partial charge in [-0.1, -0.05) is 48.0 Å². The number of aromatic nitrogens is 1.